The molecular formula is C18H23N3O4. The number of hydrogen-bond acceptors (Lipinski definition) is 4. The van der Waals surface area contributed by atoms with Crippen LogP contribution >= 0.6 is 0 Å². The molecule has 3 atom stereocenters. The Hall–Kier alpha value is -2.41. The predicted octanol–water partition coefficient (Wildman–Crippen LogP) is 1.51. The van der Waals surface area contributed by atoms with Crippen LogP contribution < -0.4 is 16.0 Å². The molecule has 1 heterocycles. The van der Waals surface area contributed by atoms with Crippen molar-refractivity contribution in [2.75, 3.05) is 23.8 Å². The van der Waals surface area contributed by atoms with Gasteiger partial charge in [0.25, 0.3) is 0 Å². The van der Waals surface area contributed by atoms with Crippen molar-refractivity contribution in [3.8, 4) is 0 Å². The maximum absolute atomic E-state index is 12.3. The Morgan fingerprint density at radius 2 is 1.84 bits per heavy atom. The molecule has 2 fully saturated rings. The second kappa shape index (κ2) is 7.65. The molecule has 1 aliphatic carbocycles. The summed E-state index contributed by atoms with van der Waals surface area (Å²) in [5, 5.41) is 8.35. The molecule has 1 saturated heterocycles. The van der Waals surface area contributed by atoms with Gasteiger partial charge in [-0.25, -0.2) is 0 Å². The summed E-state index contributed by atoms with van der Waals surface area (Å²) >= 11 is 0. The summed E-state index contributed by atoms with van der Waals surface area (Å²) in [6.45, 7) is 2.70. The molecule has 2 aliphatic rings. The van der Waals surface area contributed by atoms with Crippen molar-refractivity contribution >= 4 is 29.1 Å². The van der Waals surface area contributed by atoms with Crippen molar-refractivity contribution in [1.82, 2.24) is 5.32 Å². The van der Waals surface area contributed by atoms with Crippen LogP contribution in [0.2, 0.25) is 0 Å². The zero-order chi connectivity index (χ0) is 17.8. The van der Waals surface area contributed by atoms with E-state index in [2.05, 4.69) is 16.0 Å². The molecule has 3 unspecified atom stereocenters. The first-order valence-electron chi connectivity index (χ1n) is 8.61. The SMILES string of the molecule is CC(=O)Nc1cccc(NC(=O)C2CC2C(=O)NCC2CCCO2)c1. The van der Waals surface area contributed by atoms with Crippen LogP contribution in [0.1, 0.15) is 26.2 Å². The van der Waals surface area contributed by atoms with Gasteiger partial charge in [-0.1, -0.05) is 6.07 Å². The van der Waals surface area contributed by atoms with Gasteiger partial charge in [0.1, 0.15) is 0 Å². The summed E-state index contributed by atoms with van der Waals surface area (Å²) in [5.41, 5.74) is 1.22. The first kappa shape index (κ1) is 17.4. The van der Waals surface area contributed by atoms with Crippen LogP contribution in [0.3, 0.4) is 0 Å². The van der Waals surface area contributed by atoms with Crippen molar-refractivity contribution in [1.29, 1.82) is 0 Å². The molecule has 7 heteroatoms. The van der Waals surface area contributed by atoms with E-state index < -0.39 is 0 Å². The molecule has 1 saturated carbocycles. The van der Waals surface area contributed by atoms with Crippen LogP contribution in [0.4, 0.5) is 11.4 Å². The number of ether oxygens (including phenoxy) is 1. The molecule has 3 N–H and O–H groups in total. The van der Waals surface area contributed by atoms with Gasteiger partial charge in [0, 0.05) is 31.5 Å². The number of rotatable bonds is 6. The lowest BCUT2D eigenvalue weighted by molar-refractivity contribution is -0.125. The quantitative estimate of drug-likeness (QED) is 0.728. The summed E-state index contributed by atoms with van der Waals surface area (Å²) in [7, 11) is 0. The minimum absolute atomic E-state index is 0.0809. The molecule has 3 rings (SSSR count). The zero-order valence-corrected chi connectivity index (χ0v) is 14.2. The topological polar surface area (TPSA) is 96.5 Å². The van der Waals surface area contributed by atoms with Crippen molar-refractivity contribution in [3.63, 3.8) is 0 Å². The van der Waals surface area contributed by atoms with Gasteiger partial charge in [0.15, 0.2) is 0 Å². The van der Waals surface area contributed by atoms with Crippen LogP contribution in [0.15, 0.2) is 24.3 Å². The van der Waals surface area contributed by atoms with E-state index in [4.69, 9.17) is 4.74 Å². The highest BCUT2D eigenvalue weighted by molar-refractivity contribution is 6.00. The molecule has 3 amide bonds. The maximum Gasteiger partial charge on any atom is 0.228 e. The Morgan fingerprint density at radius 1 is 1.12 bits per heavy atom. The molecule has 0 bridgehead atoms. The number of benzene rings is 1. The fourth-order valence-electron chi connectivity index (χ4n) is 3.04. The Labute approximate surface area is 146 Å². The highest BCUT2D eigenvalue weighted by Gasteiger charge is 2.48. The van der Waals surface area contributed by atoms with Crippen molar-refractivity contribution in [3.05, 3.63) is 24.3 Å². The van der Waals surface area contributed by atoms with Gasteiger partial charge >= 0.3 is 0 Å². The van der Waals surface area contributed by atoms with E-state index in [0.29, 0.717) is 24.3 Å². The van der Waals surface area contributed by atoms with E-state index in [-0.39, 0.29) is 35.7 Å². The number of amides is 3. The molecule has 1 aromatic rings. The normalized spacial score (nSPS) is 24.4. The van der Waals surface area contributed by atoms with Crippen molar-refractivity contribution in [2.45, 2.75) is 32.3 Å². The van der Waals surface area contributed by atoms with Crippen molar-refractivity contribution < 1.29 is 19.1 Å². The number of nitrogens with one attached hydrogen (secondary N) is 3. The second-order valence-electron chi connectivity index (χ2n) is 6.58. The van der Waals surface area contributed by atoms with Gasteiger partial charge < -0.3 is 20.7 Å². The Morgan fingerprint density at radius 3 is 2.52 bits per heavy atom. The number of carbonyl (C=O) groups excluding carboxylic acids is 3. The van der Waals surface area contributed by atoms with E-state index in [0.717, 1.165) is 19.4 Å². The fraction of sp³-hybridized carbons (Fsp3) is 0.500. The largest absolute Gasteiger partial charge is 0.376 e. The van der Waals surface area contributed by atoms with Gasteiger partial charge in [-0.05, 0) is 37.5 Å². The smallest absolute Gasteiger partial charge is 0.228 e. The third-order valence-corrected chi connectivity index (χ3v) is 4.44. The summed E-state index contributed by atoms with van der Waals surface area (Å²) in [6, 6.07) is 6.93. The summed E-state index contributed by atoms with van der Waals surface area (Å²) in [5.74, 6) is -0.984. The number of hydrogen-bond donors (Lipinski definition) is 3. The molecule has 25 heavy (non-hydrogen) atoms. The average Bonchev–Trinajstić information content (AvgIpc) is 3.20. The lowest BCUT2D eigenvalue weighted by Crippen LogP contribution is -2.33. The van der Waals surface area contributed by atoms with Crippen molar-refractivity contribution in [2.24, 2.45) is 11.8 Å². The maximum atomic E-state index is 12.3. The van der Waals surface area contributed by atoms with Crippen LogP contribution in [0.25, 0.3) is 0 Å². The standard InChI is InChI=1S/C18H23N3O4/c1-11(22)20-12-4-2-5-13(8-12)21-18(24)16-9-15(16)17(23)19-10-14-6-3-7-25-14/h2,4-5,8,14-16H,3,6-7,9-10H2,1H3,(H,19,23)(H,20,22)(H,21,24). The molecule has 134 valence electrons. The van der Waals surface area contributed by atoms with Gasteiger partial charge in [0.05, 0.1) is 17.9 Å². The Bertz CT molecular complexity index is 670. The van der Waals surface area contributed by atoms with E-state index in [1.165, 1.54) is 6.92 Å². The molecule has 0 spiro atoms. The molecule has 1 aliphatic heterocycles. The average molecular weight is 345 g/mol. The molecular weight excluding hydrogens is 322 g/mol. The third-order valence-electron chi connectivity index (χ3n) is 4.44. The summed E-state index contributed by atoms with van der Waals surface area (Å²) in [4.78, 5) is 35.5. The van der Waals surface area contributed by atoms with E-state index in [1.54, 1.807) is 24.3 Å². The van der Waals surface area contributed by atoms with Crippen LogP contribution in [0, 0.1) is 11.8 Å². The van der Waals surface area contributed by atoms with Crippen LogP contribution in [-0.2, 0) is 19.1 Å². The molecule has 0 radical (unpaired) electrons. The fourth-order valence-corrected chi connectivity index (χ4v) is 3.04. The monoisotopic (exact) mass is 345 g/mol. The Balaban J connectivity index is 1.46. The number of carbonyl (C=O) groups is 3. The summed E-state index contributed by atoms with van der Waals surface area (Å²) < 4.78 is 5.47. The zero-order valence-electron chi connectivity index (χ0n) is 14.2. The summed E-state index contributed by atoms with van der Waals surface area (Å²) in [6.07, 6.45) is 2.67. The van der Waals surface area contributed by atoms with Gasteiger partial charge in [-0.3, -0.25) is 14.4 Å². The van der Waals surface area contributed by atoms with Gasteiger partial charge in [0.2, 0.25) is 17.7 Å². The third kappa shape index (κ3) is 4.79. The Kier molecular flexibility index (Phi) is 5.33. The minimum Gasteiger partial charge on any atom is -0.376 e. The van der Waals surface area contributed by atoms with E-state index in [9.17, 15) is 14.4 Å². The van der Waals surface area contributed by atoms with Gasteiger partial charge in [-0.15, -0.1) is 0 Å². The minimum atomic E-state index is -0.297. The lowest BCUT2D eigenvalue weighted by Gasteiger charge is -2.11. The highest BCUT2D eigenvalue weighted by Crippen LogP contribution is 2.39. The second-order valence-corrected chi connectivity index (χ2v) is 6.58. The number of anilines is 2. The predicted molar refractivity (Wildman–Crippen MR) is 93.0 cm³/mol. The molecule has 0 aromatic heterocycles. The van der Waals surface area contributed by atoms with Gasteiger partial charge in [-0.2, -0.15) is 0 Å². The lowest BCUT2D eigenvalue weighted by atomic mass is 10.2. The van der Waals surface area contributed by atoms with E-state index in [1.807, 2.05) is 0 Å². The highest BCUT2D eigenvalue weighted by atomic mass is 16.5. The molecule has 7 nitrogen and oxygen atoms in total. The first-order chi connectivity index (χ1) is 12.0. The first-order valence-corrected chi connectivity index (χ1v) is 8.61. The van der Waals surface area contributed by atoms with Crippen LogP contribution in [0.5, 0.6) is 0 Å². The molecule has 1 aromatic carbocycles. The van der Waals surface area contributed by atoms with Crippen LogP contribution in [-0.4, -0.2) is 37.0 Å². The van der Waals surface area contributed by atoms with E-state index >= 15 is 0 Å².